The highest BCUT2D eigenvalue weighted by Gasteiger charge is 2.50. The van der Waals surface area contributed by atoms with Gasteiger partial charge in [-0.05, 0) is 50.2 Å². The van der Waals surface area contributed by atoms with Crippen LogP contribution in [0.15, 0.2) is 48.5 Å². The van der Waals surface area contributed by atoms with Gasteiger partial charge in [-0.15, -0.1) is 0 Å². The van der Waals surface area contributed by atoms with Crippen LogP contribution in [0.2, 0.25) is 0 Å². The minimum atomic E-state index is -1.63. The van der Waals surface area contributed by atoms with Crippen LogP contribution in [0.25, 0.3) is 0 Å². The van der Waals surface area contributed by atoms with Crippen LogP contribution in [0.5, 0.6) is 11.5 Å². The van der Waals surface area contributed by atoms with Crippen LogP contribution in [0.1, 0.15) is 13.8 Å². The maximum Gasteiger partial charge on any atom is 0.280 e. The van der Waals surface area contributed by atoms with Crippen molar-refractivity contribution in [2.75, 3.05) is 23.9 Å². The molecule has 0 saturated carbocycles. The lowest BCUT2D eigenvalue weighted by atomic mass is 9.99. The lowest BCUT2D eigenvalue weighted by molar-refractivity contribution is -0.145. The Hall–Kier alpha value is -3.02. The van der Waals surface area contributed by atoms with Crippen molar-refractivity contribution in [3.05, 3.63) is 48.5 Å². The number of benzene rings is 2. The highest BCUT2D eigenvalue weighted by atomic mass is 16.5. The van der Waals surface area contributed by atoms with E-state index in [4.69, 9.17) is 9.47 Å². The van der Waals surface area contributed by atoms with E-state index in [-0.39, 0.29) is 5.91 Å². The number of ether oxygens (including phenoxy) is 2. The summed E-state index contributed by atoms with van der Waals surface area (Å²) in [6.45, 7) is 3.80. The van der Waals surface area contributed by atoms with E-state index in [0.717, 1.165) is 0 Å². The highest BCUT2D eigenvalue weighted by Crippen LogP contribution is 2.37. The molecule has 1 heterocycles. The van der Waals surface area contributed by atoms with Gasteiger partial charge in [-0.25, -0.2) is 0 Å². The van der Waals surface area contributed by atoms with E-state index in [1.807, 2.05) is 19.1 Å². The third-order valence-corrected chi connectivity index (χ3v) is 4.22. The summed E-state index contributed by atoms with van der Waals surface area (Å²) < 4.78 is 10.9. The van der Waals surface area contributed by atoms with Crippen molar-refractivity contribution in [3.8, 4) is 11.5 Å². The Morgan fingerprint density at radius 2 is 1.88 bits per heavy atom. The smallest absolute Gasteiger partial charge is 0.280 e. The van der Waals surface area contributed by atoms with Gasteiger partial charge in [0.15, 0.2) is 0 Å². The maximum atomic E-state index is 12.9. The fraction of sp³-hybridized carbons (Fsp3) is 0.263. The number of methoxy groups -OCH3 is 1. The van der Waals surface area contributed by atoms with Gasteiger partial charge in [-0.3, -0.25) is 9.59 Å². The Morgan fingerprint density at radius 3 is 2.52 bits per heavy atom. The summed E-state index contributed by atoms with van der Waals surface area (Å²) in [6.07, 6.45) is 0. The molecule has 0 radical (unpaired) electrons. The quantitative estimate of drug-likeness (QED) is 0.869. The molecule has 0 fully saturated rings. The van der Waals surface area contributed by atoms with Crippen molar-refractivity contribution in [1.29, 1.82) is 0 Å². The number of carbonyl (C=O) groups is 2. The predicted octanol–water partition coefficient (Wildman–Crippen LogP) is 2.84. The number of nitrogens with one attached hydrogen (secondary N) is 1. The second-order valence-corrected chi connectivity index (χ2v) is 5.84. The number of fused-ring (bicyclic) bond motifs is 1. The molecule has 2 aromatic carbocycles. The number of likely N-dealkylation sites (N-methyl/N-ethyl adjacent to an activating group) is 1. The van der Waals surface area contributed by atoms with Crippen molar-refractivity contribution in [2.24, 2.45) is 0 Å². The van der Waals surface area contributed by atoms with Gasteiger partial charge in [0.05, 0.1) is 12.8 Å². The molecule has 1 aliphatic heterocycles. The van der Waals surface area contributed by atoms with Gasteiger partial charge in [0.25, 0.3) is 17.4 Å². The summed E-state index contributed by atoms with van der Waals surface area (Å²) in [5.74, 6) is 0.284. The summed E-state index contributed by atoms with van der Waals surface area (Å²) in [6, 6.07) is 14.1. The summed E-state index contributed by atoms with van der Waals surface area (Å²) in [7, 11) is 1.57. The average molecular weight is 340 g/mol. The van der Waals surface area contributed by atoms with Gasteiger partial charge in [-0.1, -0.05) is 12.1 Å². The number of para-hydroxylation sites is 2. The van der Waals surface area contributed by atoms with Gasteiger partial charge in [0.1, 0.15) is 11.5 Å². The fourth-order valence-electron chi connectivity index (χ4n) is 2.78. The lowest BCUT2D eigenvalue weighted by Gasteiger charge is -2.39. The van der Waals surface area contributed by atoms with E-state index >= 15 is 0 Å². The van der Waals surface area contributed by atoms with E-state index in [1.54, 1.807) is 48.4 Å². The first kappa shape index (κ1) is 16.8. The van der Waals surface area contributed by atoms with Crippen LogP contribution in [0.3, 0.4) is 0 Å². The third kappa shape index (κ3) is 2.91. The first-order valence-corrected chi connectivity index (χ1v) is 8.05. The Kier molecular flexibility index (Phi) is 4.35. The number of nitrogens with zero attached hydrogens (tertiary/aromatic N) is 1. The Labute approximate surface area is 146 Å². The number of rotatable bonds is 4. The van der Waals surface area contributed by atoms with Gasteiger partial charge in [-0.2, -0.15) is 0 Å². The molecule has 3 rings (SSSR count). The number of hydrogen-bond acceptors (Lipinski definition) is 4. The van der Waals surface area contributed by atoms with Crippen molar-refractivity contribution in [2.45, 2.75) is 19.4 Å². The van der Waals surface area contributed by atoms with E-state index in [1.165, 1.54) is 6.92 Å². The van der Waals surface area contributed by atoms with Crippen LogP contribution in [0, 0.1) is 0 Å². The number of anilines is 2. The molecule has 2 amide bonds. The van der Waals surface area contributed by atoms with Crippen molar-refractivity contribution in [3.63, 3.8) is 0 Å². The largest absolute Gasteiger partial charge is 0.497 e. The van der Waals surface area contributed by atoms with E-state index in [2.05, 4.69) is 5.32 Å². The Bertz CT molecular complexity index is 803. The fourth-order valence-corrected chi connectivity index (χ4v) is 2.78. The van der Waals surface area contributed by atoms with Crippen LogP contribution in [-0.2, 0) is 9.59 Å². The summed E-state index contributed by atoms with van der Waals surface area (Å²) in [5, 5.41) is 2.74. The second-order valence-electron chi connectivity index (χ2n) is 5.84. The third-order valence-electron chi connectivity index (χ3n) is 4.22. The first-order chi connectivity index (χ1) is 12.0. The standard InChI is InChI=1S/C19H20N2O4/c1-4-21-15-7-5-6-8-16(15)25-19(2,18(21)23)17(22)20-13-9-11-14(24-3)12-10-13/h5-12H,4H2,1-3H3,(H,20,22). The minimum absolute atomic E-state index is 0.389. The molecule has 2 aromatic rings. The summed E-state index contributed by atoms with van der Waals surface area (Å²) >= 11 is 0. The van der Waals surface area contributed by atoms with Gasteiger partial charge >= 0.3 is 0 Å². The molecule has 0 spiro atoms. The molecule has 1 N–H and O–H groups in total. The maximum absolute atomic E-state index is 12.9. The summed E-state index contributed by atoms with van der Waals surface area (Å²) in [5.41, 5.74) is -0.403. The molecular formula is C19H20N2O4. The van der Waals surface area contributed by atoms with Gasteiger partial charge < -0.3 is 19.7 Å². The molecule has 1 aliphatic rings. The predicted molar refractivity (Wildman–Crippen MR) is 95.1 cm³/mol. The lowest BCUT2D eigenvalue weighted by Crippen LogP contribution is -2.60. The zero-order valence-electron chi connectivity index (χ0n) is 14.4. The Morgan fingerprint density at radius 1 is 1.20 bits per heavy atom. The van der Waals surface area contributed by atoms with E-state index in [0.29, 0.717) is 29.4 Å². The van der Waals surface area contributed by atoms with E-state index in [9.17, 15) is 9.59 Å². The normalized spacial score (nSPS) is 19.0. The van der Waals surface area contributed by atoms with Gasteiger partial charge in [0.2, 0.25) is 0 Å². The van der Waals surface area contributed by atoms with Crippen molar-refractivity contribution in [1.82, 2.24) is 0 Å². The molecular weight excluding hydrogens is 320 g/mol. The van der Waals surface area contributed by atoms with Crippen LogP contribution < -0.4 is 19.7 Å². The zero-order chi connectivity index (χ0) is 18.0. The SMILES string of the molecule is CCN1C(=O)C(C)(C(=O)Nc2ccc(OC)cc2)Oc2ccccc21. The van der Waals surface area contributed by atoms with Crippen LogP contribution in [0.4, 0.5) is 11.4 Å². The summed E-state index contributed by atoms with van der Waals surface area (Å²) in [4.78, 5) is 27.3. The molecule has 1 unspecified atom stereocenters. The minimum Gasteiger partial charge on any atom is -0.497 e. The number of hydrogen-bond donors (Lipinski definition) is 1. The molecule has 0 bridgehead atoms. The van der Waals surface area contributed by atoms with Crippen molar-refractivity contribution < 1.29 is 19.1 Å². The molecule has 25 heavy (non-hydrogen) atoms. The molecule has 6 heteroatoms. The highest BCUT2D eigenvalue weighted by molar-refractivity contribution is 6.19. The molecule has 130 valence electrons. The Balaban J connectivity index is 1.89. The van der Waals surface area contributed by atoms with Crippen LogP contribution in [-0.4, -0.2) is 31.1 Å². The monoisotopic (exact) mass is 340 g/mol. The van der Waals surface area contributed by atoms with Crippen LogP contribution >= 0.6 is 0 Å². The second kappa shape index (κ2) is 6.47. The number of amides is 2. The average Bonchev–Trinajstić information content (AvgIpc) is 2.63. The molecule has 1 atom stereocenters. The molecule has 0 aliphatic carbocycles. The molecule has 6 nitrogen and oxygen atoms in total. The van der Waals surface area contributed by atoms with Crippen molar-refractivity contribution >= 4 is 23.2 Å². The van der Waals surface area contributed by atoms with E-state index < -0.39 is 11.5 Å². The first-order valence-electron chi connectivity index (χ1n) is 8.05. The molecule has 0 saturated heterocycles. The molecule has 0 aromatic heterocycles. The number of carbonyl (C=O) groups excluding carboxylic acids is 2. The van der Waals surface area contributed by atoms with Gasteiger partial charge in [0, 0.05) is 12.2 Å². The zero-order valence-corrected chi connectivity index (χ0v) is 14.4. The topological polar surface area (TPSA) is 67.9 Å².